The Balaban J connectivity index is 1.42. The minimum Gasteiger partial charge on any atom is -0.339 e. The number of rotatable bonds is 2. The maximum Gasteiger partial charge on any atom is 0.289 e. The Morgan fingerprint density at radius 2 is 1.79 bits per heavy atom. The second kappa shape index (κ2) is 8.41. The molecule has 2 amide bonds. The monoisotopic (exact) mass is 399 g/mol. The van der Waals surface area contributed by atoms with Crippen LogP contribution in [-0.4, -0.2) is 90.7 Å². The highest BCUT2D eigenvalue weighted by atomic mass is 19.1. The van der Waals surface area contributed by atoms with E-state index in [2.05, 4.69) is 21.9 Å². The summed E-state index contributed by atoms with van der Waals surface area (Å²) in [5.41, 5.74) is 0.681. The molecule has 0 spiro atoms. The Morgan fingerprint density at radius 1 is 1.07 bits per heavy atom. The fourth-order valence-corrected chi connectivity index (χ4v) is 4.18. The highest BCUT2D eigenvalue weighted by Crippen LogP contribution is 2.20. The summed E-state index contributed by atoms with van der Waals surface area (Å²) in [6, 6.07) is 8.87. The zero-order valence-corrected chi connectivity index (χ0v) is 16.6. The van der Waals surface area contributed by atoms with Gasteiger partial charge in [-0.3, -0.25) is 9.59 Å². The molecule has 0 aromatic heterocycles. The molecular weight excluding hydrogens is 373 g/mol. The summed E-state index contributed by atoms with van der Waals surface area (Å²) >= 11 is 0. The van der Waals surface area contributed by atoms with Gasteiger partial charge in [0.05, 0.1) is 11.6 Å². The first-order valence-corrected chi connectivity index (χ1v) is 10.2. The number of guanidine groups is 1. The summed E-state index contributed by atoms with van der Waals surface area (Å²) in [5, 5.41) is 0. The predicted molar refractivity (Wildman–Crippen MR) is 109 cm³/mol. The first kappa shape index (κ1) is 19.7. The zero-order valence-electron chi connectivity index (χ0n) is 16.6. The number of aliphatic imine (C=N–C) groups is 2. The van der Waals surface area contributed by atoms with Crippen LogP contribution < -0.4 is 0 Å². The number of alkyl halides is 1. The maximum absolute atomic E-state index is 14.4. The second-order valence-electron chi connectivity index (χ2n) is 7.89. The molecule has 0 N–H and O–H groups in total. The number of amides is 2. The topological polar surface area (TPSA) is 68.6 Å². The predicted octanol–water partition coefficient (Wildman–Crippen LogP) is 1.20. The number of benzene rings is 1. The van der Waals surface area contributed by atoms with E-state index in [0.29, 0.717) is 31.7 Å². The highest BCUT2D eigenvalue weighted by molar-refractivity contribution is 6.23. The summed E-state index contributed by atoms with van der Waals surface area (Å²) in [6.07, 6.45) is 0.146. The molecular formula is C21H26FN5O2. The minimum absolute atomic E-state index is 0.0592. The van der Waals surface area contributed by atoms with Crippen molar-refractivity contribution in [3.63, 3.8) is 0 Å². The summed E-state index contributed by atoms with van der Waals surface area (Å²) in [4.78, 5) is 39.1. The van der Waals surface area contributed by atoms with Crippen LogP contribution in [0.5, 0.6) is 0 Å². The van der Waals surface area contributed by atoms with Gasteiger partial charge in [0.1, 0.15) is 0 Å². The fourth-order valence-electron chi connectivity index (χ4n) is 4.18. The van der Waals surface area contributed by atoms with Gasteiger partial charge in [0.2, 0.25) is 18.0 Å². The Hall–Kier alpha value is -2.61. The molecule has 8 heteroatoms. The Kier molecular flexibility index (Phi) is 5.71. The number of hydrogen-bond donors (Lipinski definition) is 0. The molecule has 3 heterocycles. The number of nitrogens with zero attached hydrogens (tertiary/aromatic N) is 5. The normalized spacial score (nSPS) is 26.2. The minimum atomic E-state index is -1.84. The van der Waals surface area contributed by atoms with E-state index in [1.165, 1.54) is 0 Å². The van der Waals surface area contributed by atoms with Crippen molar-refractivity contribution in [2.45, 2.75) is 19.0 Å². The molecule has 0 radical (unpaired) electrons. The van der Waals surface area contributed by atoms with Gasteiger partial charge >= 0.3 is 0 Å². The van der Waals surface area contributed by atoms with Gasteiger partial charge in [-0.15, -0.1) is 0 Å². The molecule has 7 nitrogen and oxygen atoms in total. The van der Waals surface area contributed by atoms with E-state index in [4.69, 9.17) is 0 Å². The molecule has 0 bridgehead atoms. The molecule has 2 fully saturated rings. The number of carbonyl (C=O) groups is 2. The first-order valence-electron chi connectivity index (χ1n) is 10.2. The SMILES string of the molecule is CN1CCCC(C(=O)N2CCN(C3=NC(=O)C(F)C(c4ccccc4)=N3)CC2)C1. The van der Waals surface area contributed by atoms with Gasteiger partial charge in [0.25, 0.3) is 5.91 Å². The first-order chi connectivity index (χ1) is 14.0. The van der Waals surface area contributed by atoms with Crippen LogP contribution in [0.3, 0.4) is 0 Å². The molecule has 0 aliphatic carbocycles. The van der Waals surface area contributed by atoms with Gasteiger partial charge in [0, 0.05) is 32.7 Å². The number of likely N-dealkylation sites (tertiary alicyclic amines) is 1. The van der Waals surface area contributed by atoms with Gasteiger partial charge in [0.15, 0.2) is 0 Å². The van der Waals surface area contributed by atoms with Crippen LogP contribution in [0, 0.1) is 5.92 Å². The standard InChI is InChI=1S/C21H26FN5O2/c1-25-9-5-8-16(14-25)20(29)26-10-12-27(13-11-26)21-23-18(17(22)19(28)24-21)15-6-3-2-4-7-15/h2-4,6-7,16-17H,5,8-14H2,1H3. The third-order valence-corrected chi connectivity index (χ3v) is 5.80. The summed E-state index contributed by atoms with van der Waals surface area (Å²) in [5.74, 6) is -0.316. The van der Waals surface area contributed by atoms with Gasteiger partial charge in [-0.05, 0) is 32.0 Å². The van der Waals surface area contributed by atoms with Crippen molar-refractivity contribution in [3.8, 4) is 0 Å². The van der Waals surface area contributed by atoms with Crippen molar-refractivity contribution in [2.75, 3.05) is 46.3 Å². The Morgan fingerprint density at radius 3 is 2.48 bits per heavy atom. The molecule has 2 saturated heterocycles. The van der Waals surface area contributed by atoms with Crippen LogP contribution >= 0.6 is 0 Å². The molecule has 2 atom stereocenters. The lowest BCUT2D eigenvalue weighted by atomic mass is 9.96. The summed E-state index contributed by atoms with van der Waals surface area (Å²) in [6.45, 7) is 4.03. The maximum atomic E-state index is 14.4. The third-order valence-electron chi connectivity index (χ3n) is 5.80. The van der Waals surface area contributed by atoms with Crippen molar-refractivity contribution in [3.05, 3.63) is 35.9 Å². The van der Waals surface area contributed by atoms with Crippen LogP contribution in [-0.2, 0) is 9.59 Å². The van der Waals surface area contributed by atoms with Crippen molar-refractivity contribution in [2.24, 2.45) is 15.9 Å². The lowest BCUT2D eigenvalue weighted by Crippen LogP contribution is -2.54. The lowest BCUT2D eigenvalue weighted by Gasteiger charge is -2.39. The van der Waals surface area contributed by atoms with E-state index in [1.807, 2.05) is 15.9 Å². The number of hydrogen-bond acceptors (Lipinski definition) is 5. The molecule has 1 aromatic rings. The van der Waals surface area contributed by atoms with Crippen LogP contribution in [0.15, 0.2) is 40.3 Å². The van der Waals surface area contributed by atoms with E-state index in [9.17, 15) is 14.0 Å². The Bertz CT molecular complexity index is 833. The van der Waals surface area contributed by atoms with E-state index >= 15 is 0 Å². The number of piperidine rings is 1. The number of carbonyl (C=O) groups excluding carboxylic acids is 2. The van der Waals surface area contributed by atoms with Crippen LogP contribution in [0.25, 0.3) is 0 Å². The fraction of sp³-hybridized carbons (Fsp3) is 0.524. The summed E-state index contributed by atoms with van der Waals surface area (Å²) < 4.78 is 14.4. The van der Waals surface area contributed by atoms with Crippen LogP contribution in [0.2, 0.25) is 0 Å². The molecule has 2 unspecified atom stereocenters. The van der Waals surface area contributed by atoms with Gasteiger partial charge < -0.3 is 14.7 Å². The van der Waals surface area contributed by atoms with Gasteiger partial charge in [-0.2, -0.15) is 4.99 Å². The number of halogens is 1. The lowest BCUT2D eigenvalue weighted by molar-refractivity contribution is -0.138. The quantitative estimate of drug-likeness (QED) is 0.749. The van der Waals surface area contributed by atoms with Crippen LogP contribution in [0.4, 0.5) is 4.39 Å². The number of piperazine rings is 1. The Labute approximate surface area is 169 Å². The molecule has 29 heavy (non-hydrogen) atoms. The highest BCUT2D eigenvalue weighted by Gasteiger charge is 2.34. The van der Waals surface area contributed by atoms with Crippen molar-refractivity contribution in [1.82, 2.24) is 14.7 Å². The van der Waals surface area contributed by atoms with Crippen molar-refractivity contribution >= 4 is 23.5 Å². The van der Waals surface area contributed by atoms with Crippen molar-refractivity contribution in [1.29, 1.82) is 0 Å². The van der Waals surface area contributed by atoms with E-state index in [1.54, 1.807) is 24.3 Å². The van der Waals surface area contributed by atoms with E-state index in [-0.39, 0.29) is 23.5 Å². The molecule has 154 valence electrons. The average molecular weight is 399 g/mol. The molecule has 1 aromatic carbocycles. The second-order valence-corrected chi connectivity index (χ2v) is 7.89. The van der Waals surface area contributed by atoms with Gasteiger partial charge in [-0.1, -0.05) is 30.3 Å². The molecule has 3 aliphatic rings. The third kappa shape index (κ3) is 4.22. The zero-order chi connectivity index (χ0) is 20.4. The van der Waals surface area contributed by atoms with Crippen LogP contribution in [0.1, 0.15) is 18.4 Å². The average Bonchev–Trinajstić information content (AvgIpc) is 2.76. The largest absolute Gasteiger partial charge is 0.339 e. The molecule has 4 rings (SSSR count). The van der Waals surface area contributed by atoms with E-state index in [0.717, 1.165) is 25.9 Å². The smallest absolute Gasteiger partial charge is 0.289 e. The molecule has 3 aliphatic heterocycles. The summed E-state index contributed by atoms with van der Waals surface area (Å²) in [7, 11) is 2.05. The van der Waals surface area contributed by atoms with Crippen molar-refractivity contribution < 1.29 is 14.0 Å². The molecule has 0 saturated carbocycles. The van der Waals surface area contributed by atoms with Gasteiger partial charge in [-0.25, -0.2) is 9.38 Å². The van der Waals surface area contributed by atoms with E-state index < -0.39 is 12.1 Å².